The summed E-state index contributed by atoms with van der Waals surface area (Å²) in [7, 11) is 0. The SMILES string of the molecule is N#C/C(=C\c1cc(Br)ccc1Oc1ccc(C(F)(F)F)cc1[N+](=O)[O-])C(=O)N1CCCC1. The maximum Gasteiger partial charge on any atom is 0.416 e. The molecule has 1 heterocycles. The zero-order valence-electron chi connectivity index (χ0n) is 16.4. The van der Waals surface area contributed by atoms with Crippen molar-refractivity contribution in [2.24, 2.45) is 0 Å². The Hall–Kier alpha value is -3.39. The number of likely N-dealkylation sites (tertiary alicyclic amines) is 1. The molecule has 0 aromatic heterocycles. The number of hydrogen-bond donors (Lipinski definition) is 0. The molecule has 1 aliphatic rings. The number of nitriles is 1. The first kappa shape index (κ1) is 23.3. The summed E-state index contributed by atoms with van der Waals surface area (Å²) in [6, 6.07) is 8.28. The average molecular weight is 510 g/mol. The van der Waals surface area contributed by atoms with Gasteiger partial charge >= 0.3 is 11.9 Å². The number of nitro groups is 1. The molecule has 0 spiro atoms. The van der Waals surface area contributed by atoms with Crippen LogP contribution in [0.15, 0.2) is 46.4 Å². The van der Waals surface area contributed by atoms with E-state index in [0.29, 0.717) is 29.7 Å². The van der Waals surface area contributed by atoms with E-state index in [2.05, 4.69) is 15.9 Å². The fourth-order valence-corrected chi connectivity index (χ4v) is 3.53. The molecule has 32 heavy (non-hydrogen) atoms. The van der Waals surface area contributed by atoms with Crippen LogP contribution in [0.3, 0.4) is 0 Å². The van der Waals surface area contributed by atoms with Crippen molar-refractivity contribution < 1.29 is 27.6 Å². The van der Waals surface area contributed by atoms with Crippen molar-refractivity contribution in [3.8, 4) is 17.6 Å². The molecule has 1 saturated heterocycles. The van der Waals surface area contributed by atoms with Gasteiger partial charge in [-0.2, -0.15) is 18.4 Å². The van der Waals surface area contributed by atoms with Gasteiger partial charge in [0.1, 0.15) is 17.4 Å². The van der Waals surface area contributed by atoms with E-state index >= 15 is 0 Å². The molecule has 1 amide bonds. The molecule has 0 saturated carbocycles. The number of hydrogen-bond acceptors (Lipinski definition) is 5. The molecular formula is C21H15BrF3N3O4. The number of nitrogens with zero attached hydrogens (tertiary/aromatic N) is 3. The lowest BCUT2D eigenvalue weighted by Gasteiger charge is -2.15. The Morgan fingerprint density at radius 3 is 2.44 bits per heavy atom. The number of nitro benzene ring substituents is 1. The van der Waals surface area contributed by atoms with Crippen molar-refractivity contribution in [1.82, 2.24) is 4.90 Å². The van der Waals surface area contributed by atoms with Gasteiger partial charge in [0.05, 0.1) is 10.5 Å². The Labute approximate surface area is 189 Å². The highest BCUT2D eigenvalue weighted by Crippen LogP contribution is 2.39. The number of ether oxygens (including phenoxy) is 1. The van der Waals surface area contributed by atoms with Crippen molar-refractivity contribution in [2.45, 2.75) is 19.0 Å². The molecule has 0 aliphatic carbocycles. The van der Waals surface area contributed by atoms with Gasteiger partial charge in [-0.25, -0.2) is 0 Å². The predicted molar refractivity (Wildman–Crippen MR) is 112 cm³/mol. The summed E-state index contributed by atoms with van der Waals surface area (Å²) in [5, 5.41) is 20.8. The zero-order valence-corrected chi connectivity index (χ0v) is 17.9. The first-order valence-corrected chi connectivity index (χ1v) is 10.1. The van der Waals surface area contributed by atoms with Crippen LogP contribution in [0.2, 0.25) is 0 Å². The smallest absolute Gasteiger partial charge is 0.416 e. The van der Waals surface area contributed by atoms with Crippen LogP contribution in [0.1, 0.15) is 24.0 Å². The third-order valence-electron chi connectivity index (χ3n) is 4.72. The second-order valence-corrected chi connectivity index (χ2v) is 7.81. The summed E-state index contributed by atoms with van der Waals surface area (Å²) < 4.78 is 45.0. The molecule has 11 heteroatoms. The summed E-state index contributed by atoms with van der Waals surface area (Å²) in [5.41, 5.74) is -1.96. The van der Waals surface area contributed by atoms with E-state index in [9.17, 15) is 33.3 Å². The van der Waals surface area contributed by atoms with Crippen LogP contribution < -0.4 is 4.74 Å². The molecule has 0 N–H and O–H groups in total. The summed E-state index contributed by atoms with van der Waals surface area (Å²) >= 11 is 3.27. The Morgan fingerprint density at radius 1 is 1.19 bits per heavy atom. The molecule has 0 unspecified atom stereocenters. The molecule has 1 fully saturated rings. The van der Waals surface area contributed by atoms with Crippen LogP contribution >= 0.6 is 15.9 Å². The lowest BCUT2D eigenvalue weighted by molar-refractivity contribution is -0.385. The van der Waals surface area contributed by atoms with Gasteiger partial charge in [-0.15, -0.1) is 0 Å². The van der Waals surface area contributed by atoms with E-state index in [1.54, 1.807) is 11.0 Å². The third-order valence-corrected chi connectivity index (χ3v) is 5.21. The summed E-state index contributed by atoms with van der Waals surface area (Å²) in [4.78, 5) is 24.5. The van der Waals surface area contributed by atoms with E-state index in [0.717, 1.165) is 18.9 Å². The van der Waals surface area contributed by atoms with E-state index in [1.807, 2.05) is 6.07 Å². The fraction of sp³-hybridized carbons (Fsp3) is 0.238. The van der Waals surface area contributed by atoms with Crippen LogP contribution in [-0.2, 0) is 11.0 Å². The number of alkyl halides is 3. The second-order valence-electron chi connectivity index (χ2n) is 6.89. The summed E-state index contributed by atoms with van der Waals surface area (Å²) in [6.07, 6.45) is -1.79. The molecule has 3 rings (SSSR count). The summed E-state index contributed by atoms with van der Waals surface area (Å²) in [6.45, 7) is 1.08. The Bertz CT molecular complexity index is 1140. The molecule has 0 atom stereocenters. The largest absolute Gasteiger partial charge is 0.449 e. The number of carbonyl (C=O) groups is 1. The Morgan fingerprint density at radius 2 is 1.84 bits per heavy atom. The highest BCUT2D eigenvalue weighted by atomic mass is 79.9. The molecule has 0 radical (unpaired) electrons. The van der Waals surface area contributed by atoms with Crippen molar-refractivity contribution >= 4 is 33.6 Å². The number of amides is 1. The van der Waals surface area contributed by atoms with Crippen LogP contribution in [-0.4, -0.2) is 28.8 Å². The average Bonchev–Trinajstić information content (AvgIpc) is 3.27. The highest BCUT2D eigenvalue weighted by molar-refractivity contribution is 9.10. The highest BCUT2D eigenvalue weighted by Gasteiger charge is 2.33. The topological polar surface area (TPSA) is 96.5 Å². The zero-order chi connectivity index (χ0) is 23.5. The minimum Gasteiger partial charge on any atom is -0.449 e. The lowest BCUT2D eigenvalue weighted by Crippen LogP contribution is -2.28. The van der Waals surface area contributed by atoms with Crippen molar-refractivity contribution in [1.29, 1.82) is 5.26 Å². The molecule has 166 valence electrons. The van der Waals surface area contributed by atoms with Crippen LogP contribution in [0.25, 0.3) is 6.08 Å². The quantitative estimate of drug-likeness (QED) is 0.223. The van der Waals surface area contributed by atoms with E-state index in [1.165, 1.54) is 18.2 Å². The normalized spacial score (nSPS) is 14.2. The Balaban J connectivity index is 2.01. The number of halogens is 4. The first-order valence-electron chi connectivity index (χ1n) is 9.34. The number of carbonyl (C=O) groups excluding carboxylic acids is 1. The van der Waals surface area contributed by atoms with E-state index < -0.39 is 34.0 Å². The summed E-state index contributed by atoms with van der Waals surface area (Å²) in [5.74, 6) is -0.834. The maximum atomic E-state index is 12.9. The predicted octanol–water partition coefficient (Wildman–Crippen LogP) is 5.70. The van der Waals surface area contributed by atoms with Gasteiger partial charge < -0.3 is 9.64 Å². The van der Waals surface area contributed by atoms with Crippen molar-refractivity contribution in [3.63, 3.8) is 0 Å². The lowest BCUT2D eigenvalue weighted by atomic mass is 10.1. The van der Waals surface area contributed by atoms with Gasteiger partial charge in [0.25, 0.3) is 5.91 Å². The maximum absolute atomic E-state index is 12.9. The Kier molecular flexibility index (Phi) is 6.84. The van der Waals surface area contributed by atoms with Gasteiger partial charge in [0.15, 0.2) is 0 Å². The van der Waals surface area contributed by atoms with E-state index in [-0.39, 0.29) is 16.9 Å². The van der Waals surface area contributed by atoms with Gasteiger partial charge in [0.2, 0.25) is 5.75 Å². The van der Waals surface area contributed by atoms with Crippen LogP contribution in [0.4, 0.5) is 18.9 Å². The van der Waals surface area contributed by atoms with Crippen LogP contribution in [0.5, 0.6) is 11.5 Å². The number of rotatable bonds is 5. The third kappa shape index (κ3) is 5.26. The molecule has 0 bridgehead atoms. The van der Waals surface area contributed by atoms with Crippen molar-refractivity contribution in [2.75, 3.05) is 13.1 Å². The van der Waals surface area contributed by atoms with Gasteiger partial charge in [-0.3, -0.25) is 14.9 Å². The molecular weight excluding hydrogens is 495 g/mol. The standard InChI is InChI=1S/C21H15BrF3N3O4/c22-16-4-6-18(13(10-16)9-14(12-26)20(29)27-7-1-2-8-27)32-19-5-3-15(21(23,24)25)11-17(19)28(30)31/h3-6,9-11H,1-2,7-8H2/b14-9+. The second kappa shape index (κ2) is 9.40. The van der Waals surface area contributed by atoms with Gasteiger partial charge in [-0.1, -0.05) is 15.9 Å². The van der Waals surface area contributed by atoms with Gasteiger partial charge in [-0.05, 0) is 49.2 Å². The number of benzene rings is 2. The van der Waals surface area contributed by atoms with Crippen LogP contribution in [0, 0.1) is 21.4 Å². The molecule has 2 aromatic carbocycles. The molecule has 7 nitrogen and oxygen atoms in total. The molecule has 2 aromatic rings. The molecule has 1 aliphatic heterocycles. The first-order chi connectivity index (χ1) is 15.1. The minimum atomic E-state index is -4.76. The fourth-order valence-electron chi connectivity index (χ4n) is 3.15. The van der Waals surface area contributed by atoms with E-state index in [4.69, 9.17) is 4.74 Å². The van der Waals surface area contributed by atoms with Crippen molar-refractivity contribution in [3.05, 3.63) is 67.7 Å². The monoisotopic (exact) mass is 509 g/mol. The van der Waals surface area contributed by atoms with Gasteiger partial charge in [0, 0.05) is 29.2 Å². The minimum absolute atomic E-state index is 0.0260.